The third kappa shape index (κ3) is 12.0. The first kappa shape index (κ1) is 20.5. The molecule has 0 atom stereocenters. The highest BCUT2D eigenvalue weighted by molar-refractivity contribution is 5.67. The highest BCUT2D eigenvalue weighted by atomic mass is 16.5. The van der Waals surface area contributed by atoms with E-state index in [0.29, 0.717) is 13.2 Å². The molecule has 1 aromatic carbocycles. The van der Waals surface area contributed by atoms with Gasteiger partial charge in [-0.2, -0.15) is 0 Å². The molecule has 0 bridgehead atoms. The fourth-order valence-corrected chi connectivity index (χ4v) is 2.70. The fraction of sp³-hybridized carbons (Fsp3) is 0.667. The van der Waals surface area contributed by atoms with E-state index in [1.54, 1.807) is 0 Å². The van der Waals surface area contributed by atoms with Gasteiger partial charge in [0.05, 0.1) is 6.61 Å². The number of amides is 1. The second-order valence-electron chi connectivity index (χ2n) is 6.99. The van der Waals surface area contributed by atoms with Gasteiger partial charge in [-0.1, -0.05) is 95.5 Å². The molecule has 0 saturated heterocycles. The SMILES string of the molecule is CC(C)CCCCCCCCCCOC(=O)NCc1ccccc1. The molecule has 0 aromatic heterocycles. The first-order valence-electron chi connectivity index (χ1n) is 9.63. The number of unbranched alkanes of at least 4 members (excludes halogenated alkanes) is 7. The van der Waals surface area contributed by atoms with Gasteiger partial charge in [-0.05, 0) is 17.9 Å². The third-order valence-corrected chi connectivity index (χ3v) is 4.19. The number of ether oxygens (including phenoxy) is 1. The Hall–Kier alpha value is -1.51. The Bertz CT molecular complexity index is 417. The smallest absolute Gasteiger partial charge is 0.407 e. The van der Waals surface area contributed by atoms with Crippen molar-refractivity contribution in [1.82, 2.24) is 5.32 Å². The summed E-state index contributed by atoms with van der Waals surface area (Å²) in [6.07, 6.45) is 11.2. The standard InChI is InChI=1S/C21H35NO2/c1-19(2)14-10-7-5-3-4-6-8-13-17-24-21(23)22-18-20-15-11-9-12-16-20/h9,11-12,15-16,19H,3-8,10,13-14,17-18H2,1-2H3,(H,22,23). The molecular formula is C21H35NO2. The molecular weight excluding hydrogens is 298 g/mol. The van der Waals surface area contributed by atoms with E-state index < -0.39 is 0 Å². The highest BCUT2D eigenvalue weighted by Gasteiger charge is 2.01. The van der Waals surface area contributed by atoms with Crippen molar-refractivity contribution in [3.8, 4) is 0 Å². The van der Waals surface area contributed by atoms with E-state index in [2.05, 4.69) is 19.2 Å². The molecule has 0 aliphatic rings. The third-order valence-electron chi connectivity index (χ3n) is 4.19. The second-order valence-corrected chi connectivity index (χ2v) is 6.99. The van der Waals surface area contributed by atoms with Gasteiger partial charge in [0.25, 0.3) is 0 Å². The topological polar surface area (TPSA) is 38.3 Å². The van der Waals surface area contributed by atoms with Crippen molar-refractivity contribution < 1.29 is 9.53 Å². The van der Waals surface area contributed by atoms with Crippen LogP contribution in [0.4, 0.5) is 4.79 Å². The Kier molecular flexibility index (Phi) is 11.9. The van der Waals surface area contributed by atoms with Crippen molar-refractivity contribution >= 4 is 6.09 Å². The lowest BCUT2D eigenvalue weighted by Crippen LogP contribution is -2.24. The largest absolute Gasteiger partial charge is 0.450 e. The van der Waals surface area contributed by atoms with Gasteiger partial charge in [-0.15, -0.1) is 0 Å². The minimum Gasteiger partial charge on any atom is -0.450 e. The lowest BCUT2D eigenvalue weighted by molar-refractivity contribution is 0.143. The summed E-state index contributed by atoms with van der Waals surface area (Å²) < 4.78 is 5.20. The average Bonchev–Trinajstić information content (AvgIpc) is 2.58. The van der Waals surface area contributed by atoms with Gasteiger partial charge in [0.2, 0.25) is 0 Å². The minimum absolute atomic E-state index is 0.316. The highest BCUT2D eigenvalue weighted by Crippen LogP contribution is 2.12. The van der Waals surface area contributed by atoms with Gasteiger partial charge >= 0.3 is 6.09 Å². The van der Waals surface area contributed by atoms with Crippen LogP contribution in [0.2, 0.25) is 0 Å². The first-order chi connectivity index (χ1) is 11.7. The molecule has 0 aliphatic heterocycles. The maximum atomic E-state index is 11.6. The van der Waals surface area contributed by atoms with Crippen LogP contribution in [-0.2, 0) is 11.3 Å². The van der Waals surface area contributed by atoms with Crippen molar-refractivity contribution in [1.29, 1.82) is 0 Å². The summed E-state index contributed by atoms with van der Waals surface area (Å²) >= 11 is 0. The summed E-state index contributed by atoms with van der Waals surface area (Å²) in [5.41, 5.74) is 1.09. The molecule has 0 unspecified atom stereocenters. The summed E-state index contributed by atoms with van der Waals surface area (Å²) in [7, 11) is 0. The monoisotopic (exact) mass is 333 g/mol. The van der Waals surface area contributed by atoms with Crippen LogP contribution >= 0.6 is 0 Å². The van der Waals surface area contributed by atoms with Crippen molar-refractivity contribution in [3.63, 3.8) is 0 Å². The molecule has 3 heteroatoms. The maximum Gasteiger partial charge on any atom is 0.407 e. The van der Waals surface area contributed by atoms with Gasteiger partial charge in [0, 0.05) is 6.54 Å². The fourth-order valence-electron chi connectivity index (χ4n) is 2.70. The Morgan fingerprint density at radius 2 is 1.50 bits per heavy atom. The van der Waals surface area contributed by atoms with E-state index in [1.165, 1.54) is 44.9 Å². The van der Waals surface area contributed by atoms with Crippen LogP contribution in [0.15, 0.2) is 30.3 Å². The van der Waals surface area contributed by atoms with Crippen LogP contribution in [-0.4, -0.2) is 12.7 Å². The van der Waals surface area contributed by atoms with Gasteiger partial charge in [-0.25, -0.2) is 4.79 Å². The molecule has 136 valence electrons. The summed E-state index contributed by atoms with van der Waals surface area (Å²) in [5.74, 6) is 0.842. The molecule has 24 heavy (non-hydrogen) atoms. The zero-order valence-corrected chi connectivity index (χ0v) is 15.6. The lowest BCUT2D eigenvalue weighted by atomic mass is 10.0. The molecule has 0 fully saturated rings. The predicted octanol–water partition coefficient (Wildman–Crippen LogP) is 6.08. The number of carbonyl (C=O) groups excluding carboxylic acids is 1. The molecule has 0 heterocycles. The number of rotatable bonds is 13. The van der Waals surface area contributed by atoms with Crippen LogP contribution in [0.1, 0.15) is 77.2 Å². The number of hydrogen-bond acceptors (Lipinski definition) is 2. The van der Waals surface area contributed by atoms with E-state index in [1.807, 2.05) is 30.3 Å². The number of nitrogens with one attached hydrogen (secondary N) is 1. The van der Waals surface area contributed by atoms with E-state index in [4.69, 9.17) is 4.74 Å². The quantitative estimate of drug-likeness (QED) is 0.444. The number of hydrogen-bond donors (Lipinski definition) is 1. The Balaban J connectivity index is 1.83. The summed E-state index contributed by atoms with van der Waals surface area (Å²) in [4.78, 5) is 11.6. The summed E-state index contributed by atoms with van der Waals surface area (Å²) in [6, 6.07) is 9.87. The van der Waals surface area contributed by atoms with E-state index in [9.17, 15) is 4.79 Å². The van der Waals surface area contributed by atoms with E-state index >= 15 is 0 Å². The van der Waals surface area contributed by atoms with Gasteiger partial charge in [0.1, 0.15) is 0 Å². The zero-order valence-electron chi connectivity index (χ0n) is 15.6. The van der Waals surface area contributed by atoms with Crippen LogP contribution in [0.25, 0.3) is 0 Å². The van der Waals surface area contributed by atoms with Gasteiger partial charge in [0.15, 0.2) is 0 Å². The van der Waals surface area contributed by atoms with Crippen molar-refractivity contribution in [2.75, 3.05) is 6.61 Å². The first-order valence-corrected chi connectivity index (χ1v) is 9.63. The molecule has 0 spiro atoms. The molecule has 0 saturated carbocycles. The van der Waals surface area contributed by atoms with Crippen LogP contribution < -0.4 is 5.32 Å². The second kappa shape index (κ2) is 13.9. The molecule has 3 nitrogen and oxygen atoms in total. The summed E-state index contributed by atoms with van der Waals surface area (Å²) in [5, 5.41) is 2.78. The van der Waals surface area contributed by atoms with E-state index in [-0.39, 0.29) is 6.09 Å². The predicted molar refractivity (Wildman–Crippen MR) is 101 cm³/mol. The Morgan fingerprint density at radius 3 is 2.12 bits per heavy atom. The van der Waals surface area contributed by atoms with Crippen molar-refractivity contribution in [2.45, 2.75) is 78.2 Å². The van der Waals surface area contributed by atoms with Gasteiger partial charge in [-0.3, -0.25) is 0 Å². The average molecular weight is 334 g/mol. The van der Waals surface area contributed by atoms with Crippen molar-refractivity contribution in [3.05, 3.63) is 35.9 Å². The normalized spacial score (nSPS) is 10.8. The molecule has 1 aromatic rings. The van der Waals surface area contributed by atoms with Gasteiger partial charge < -0.3 is 10.1 Å². The van der Waals surface area contributed by atoms with Crippen molar-refractivity contribution in [2.24, 2.45) is 5.92 Å². The molecule has 1 N–H and O–H groups in total. The van der Waals surface area contributed by atoms with Crippen LogP contribution in [0, 0.1) is 5.92 Å². The Morgan fingerprint density at radius 1 is 0.917 bits per heavy atom. The number of alkyl carbamates (subject to hydrolysis) is 1. The molecule has 0 aliphatic carbocycles. The maximum absolute atomic E-state index is 11.6. The Labute approximate surface area is 148 Å². The number of benzene rings is 1. The zero-order chi connectivity index (χ0) is 17.5. The summed E-state index contributed by atoms with van der Waals surface area (Å²) in [6.45, 7) is 5.64. The molecule has 1 rings (SSSR count). The molecule has 0 radical (unpaired) electrons. The number of carbonyl (C=O) groups is 1. The van der Waals surface area contributed by atoms with Crippen LogP contribution in [0.5, 0.6) is 0 Å². The van der Waals surface area contributed by atoms with E-state index in [0.717, 1.165) is 24.3 Å². The lowest BCUT2D eigenvalue weighted by Gasteiger charge is -2.07. The molecule has 1 amide bonds. The van der Waals surface area contributed by atoms with Crippen LogP contribution in [0.3, 0.4) is 0 Å². The minimum atomic E-state index is -0.316.